The smallest absolute Gasteiger partial charge is 0.313 e. The Morgan fingerprint density at radius 2 is 1.60 bits per heavy atom. The van der Waals surface area contributed by atoms with E-state index in [0.29, 0.717) is 17.0 Å². The molecule has 0 heterocycles. The third-order valence-electron chi connectivity index (χ3n) is 3.26. The highest BCUT2D eigenvalue weighted by molar-refractivity contribution is 7.89. The Hall–Kier alpha value is -2.91. The van der Waals surface area contributed by atoms with Gasteiger partial charge >= 0.3 is 11.8 Å². The number of amides is 2. The van der Waals surface area contributed by atoms with Gasteiger partial charge in [0.2, 0.25) is 10.0 Å². The molecule has 4 N–H and O–H groups in total. The van der Waals surface area contributed by atoms with Gasteiger partial charge in [-0.3, -0.25) is 9.59 Å². The first kappa shape index (κ1) is 18.4. The molecule has 0 saturated carbocycles. The van der Waals surface area contributed by atoms with Crippen LogP contribution in [0.5, 0.6) is 5.75 Å². The fraction of sp³-hybridized carbons (Fsp3) is 0.125. The van der Waals surface area contributed by atoms with Crippen molar-refractivity contribution in [1.29, 1.82) is 0 Å². The second-order valence-corrected chi connectivity index (χ2v) is 6.62. The number of sulfonamides is 1. The number of anilines is 1. The van der Waals surface area contributed by atoms with Crippen LogP contribution in [-0.4, -0.2) is 27.3 Å². The van der Waals surface area contributed by atoms with Gasteiger partial charge in [-0.15, -0.1) is 0 Å². The van der Waals surface area contributed by atoms with Crippen molar-refractivity contribution in [2.24, 2.45) is 5.14 Å². The standard InChI is InChI=1S/C16H17N3O5S/c1-24-13-6-4-12(5-7-13)19-16(21)15(20)18-10-11-2-8-14(9-3-11)25(17,22)23/h2-9H,10H2,1H3,(H,18,20)(H,19,21)(H2,17,22,23). The Morgan fingerprint density at radius 3 is 2.12 bits per heavy atom. The third kappa shape index (κ3) is 5.30. The van der Waals surface area contributed by atoms with Gasteiger partial charge in [-0.05, 0) is 42.0 Å². The maximum absolute atomic E-state index is 11.8. The molecule has 0 aliphatic carbocycles. The fourth-order valence-electron chi connectivity index (χ4n) is 1.92. The summed E-state index contributed by atoms with van der Waals surface area (Å²) < 4.78 is 27.3. The lowest BCUT2D eigenvalue weighted by molar-refractivity contribution is -0.136. The van der Waals surface area contributed by atoms with Crippen molar-refractivity contribution >= 4 is 27.5 Å². The van der Waals surface area contributed by atoms with Crippen molar-refractivity contribution in [3.63, 3.8) is 0 Å². The SMILES string of the molecule is COc1ccc(NC(=O)C(=O)NCc2ccc(S(N)(=O)=O)cc2)cc1. The number of benzene rings is 2. The van der Waals surface area contributed by atoms with E-state index < -0.39 is 21.8 Å². The number of nitrogens with two attached hydrogens (primary N) is 1. The molecule has 132 valence electrons. The number of carbonyl (C=O) groups excluding carboxylic acids is 2. The molecule has 0 atom stereocenters. The van der Waals surface area contributed by atoms with Gasteiger partial charge in [-0.1, -0.05) is 12.1 Å². The minimum Gasteiger partial charge on any atom is -0.497 e. The average molecular weight is 363 g/mol. The van der Waals surface area contributed by atoms with Crippen LogP contribution in [0.2, 0.25) is 0 Å². The molecular formula is C16H17N3O5S. The van der Waals surface area contributed by atoms with Crippen molar-refractivity contribution in [2.75, 3.05) is 12.4 Å². The zero-order valence-corrected chi connectivity index (χ0v) is 14.2. The van der Waals surface area contributed by atoms with E-state index in [1.54, 1.807) is 24.3 Å². The van der Waals surface area contributed by atoms with Crippen LogP contribution in [0, 0.1) is 0 Å². The average Bonchev–Trinajstić information content (AvgIpc) is 2.60. The molecule has 2 aromatic carbocycles. The number of hydrogen-bond donors (Lipinski definition) is 3. The number of methoxy groups -OCH3 is 1. The van der Waals surface area contributed by atoms with Crippen LogP contribution in [-0.2, 0) is 26.2 Å². The molecule has 0 saturated heterocycles. The molecule has 25 heavy (non-hydrogen) atoms. The zero-order valence-electron chi connectivity index (χ0n) is 13.4. The minimum absolute atomic E-state index is 0.0279. The number of nitrogens with one attached hydrogen (secondary N) is 2. The number of rotatable bonds is 5. The van der Waals surface area contributed by atoms with Gasteiger partial charge in [0.25, 0.3) is 0 Å². The molecule has 0 bridgehead atoms. The van der Waals surface area contributed by atoms with E-state index in [0.717, 1.165) is 0 Å². The van der Waals surface area contributed by atoms with Crippen LogP contribution in [0.1, 0.15) is 5.56 Å². The van der Waals surface area contributed by atoms with Gasteiger partial charge in [0.05, 0.1) is 12.0 Å². The molecule has 2 amide bonds. The highest BCUT2D eigenvalue weighted by Crippen LogP contribution is 2.14. The predicted molar refractivity (Wildman–Crippen MR) is 91.3 cm³/mol. The summed E-state index contributed by atoms with van der Waals surface area (Å²) in [6, 6.07) is 12.2. The Labute approximate surface area is 145 Å². The Kier molecular flexibility index (Phi) is 5.73. The minimum atomic E-state index is -3.76. The molecule has 9 heteroatoms. The molecule has 0 fully saturated rings. The summed E-state index contributed by atoms with van der Waals surface area (Å²) in [5.74, 6) is -0.997. The lowest BCUT2D eigenvalue weighted by Gasteiger charge is -2.08. The maximum atomic E-state index is 11.8. The van der Waals surface area contributed by atoms with Crippen molar-refractivity contribution in [2.45, 2.75) is 11.4 Å². The quantitative estimate of drug-likeness (QED) is 0.670. The molecule has 0 spiro atoms. The van der Waals surface area contributed by atoms with Crippen molar-refractivity contribution < 1.29 is 22.7 Å². The van der Waals surface area contributed by atoms with E-state index in [2.05, 4.69) is 10.6 Å². The van der Waals surface area contributed by atoms with E-state index in [1.165, 1.54) is 31.4 Å². The maximum Gasteiger partial charge on any atom is 0.313 e. The van der Waals surface area contributed by atoms with Crippen molar-refractivity contribution in [3.05, 3.63) is 54.1 Å². The second-order valence-electron chi connectivity index (χ2n) is 5.05. The van der Waals surface area contributed by atoms with Crippen molar-refractivity contribution in [1.82, 2.24) is 5.32 Å². The van der Waals surface area contributed by atoms with Crippen LogP contribution in [0.15, 0.2) is 53.4 Å². The highest BCUT2D eigenvalue weighted by Gasteiger charge is 2.13. The molecule has 0 radical (unpaired) electrons. The summed E-state index contributed by atoms with van der Waals surface area (Å²) in [4.78, 5) is 23.6. The molecule has 2 aromatic rings. The zero-order chi connectivity index (χ0) is 18.4. The summed E-state index contributed by atoms with van der Waals surface area (Å²) in [6.45, 7) is 0.0692. The molecule has 0 aliphatic rings. The van der Waals surface area contributed by atoms with E-state index in [1.807, 2.05) is 0 Å². The summed E-state index contributed by atoms with van der Waals surface area (Å²) >= 11 is 0. The molecule has 0 unspecified atom stereocenters. The highest BCUT2D eigenvalue weighted by atomic mass is 32.2. The number of primary sulfonamides is 1. The fourth-order valence-corrected chi connectivity index (χ4v) is 2.44. The Morgan fingerprint density at radius 1 is 1.00 bits per heavy atom. The van der Waals surface area contributed by atoms with Gasteiger partial charge in [0, 0.05) is 12.2 Å². The largest absolute Gasteiger partial charge is 0.497 e. The summed E-state index contributed by atoms with van der Waals surface area (Å²) in [5, 5.41) is 9.90. The van der Waals surface area contributed by atoms with Gasteiger partial charge in [0.15, 0.2) is 0 Å². The molecule has 2 rings (SSSR count). The summed E-state index contributed by atoms with van der Waals surface area (Å²) in [6.07, 6.45) is 0. The number of hydrogen-bond acceptors (Lipinski definition) is 5. The monoisotopic (exact) mass is 363 g/mol. The molecule has 8 nitrogen and oxygen atoms in total. The van der Waals surface area contributed by atoms with Crippen LogP contribution < -0.4 is 20.5 Å². The van der Waals surface area contributed by atoms with E-state index in [9.17, 15) is 18.0 Å². The number of ether oxygens (including phenoxy) is 1. The third-order valence-corrected chi connectivity index (χ3v) is 4.19. The topological polar surface area (TPSA) is 128 Å². The first-order valence-corrected chi connectivity index (χ1v) is 8.69. The predicted octanol–water partition coefficient (Wildman–Crippen LogP) is 0.598. The summed E-state index contributed by atoms with van der Waals surface area (Å²) in [7, 11) is -2.24. The lowest BCUT2D eigenvalue weighted by Crippen LogP contribution is -2.34. The van der Waals surface area contributed by atoms with Gasteiger partial charge in [-0.25, -0.2) is 13.6 Å². The normalized spacial score (nSPS) is 10.8. The van der Waals surface area contributed by atoms with E-state index >= 15 is 0 Å². The van der Waals surface area contributed by atoms with Crippen molar-refractivity contribution in [3.8, 4) is 5.75 Å². The van der Waals surface area contributed by atoms with Crippen LogP contribution in [0.25, 0.3) is 0 Å². The van der Waals surface area contributed by atoms with E-state index in [4.69, 9.17) is 9.88 Å². The second kappa shape index (κ2) is 7.77. The van der Waals surface area contributed by atoms with Gasteiger partial charge in [0.1, 0.15) is 5.75 Å². The van der Waals surface area contributed by atoms with Crippen LogP contribution >= 0.6 is 0 Å². The Balaban J connectivity index is 1.89. The molecular weight excluding hydrogens is 346 g/mol. The van der Waals surface area contributed by atoms with Crippen LogP contribution in [0.4, 0.5) is 5.69 Å². The van der Waals surface area contributed by atoms with Crippen LogP contribution in [0.3, 0.4) is 0 Å². The number of carbonyl (C=O) groups is 2. The Bertz CT molecular complexity index is 862. The first-order chi connectivity index (χ1) is 11.8. The first-order valence-electron chi connectivity index (χ1n) is 7.14. The van der Waals surface area contributed by atoms with E-state index in [-0.39, 0.29) is 11.4 Å². The molecule has 0 aromatic heterocycles. The molecule has 0 aliphatic heterocycles. The summed E-state index contributed by atoms with van der Waals surface area (Å²) in [5.41, 5.74) is 1.08. The van der Waals surface area contributed by atoms with Gasteiger partial charge in [-0.2, -0.15) is 0 Å². The lowest BCUT2D eigenvalue weighted by atomic mass is 10.2. The van der Waals surface area contributed by atoms with Gasteiger partial charge < -0.3 is 15.4 Å².